The summed E-state index contributed by atoms with van der Waals surface area (Å²) in [6.45, 7) is 3.13. The van der Waals surface area contributed by atoms with E-state index in [4.69, 9.17) is 0 Å². The third kappa shape index (κ3) is 8.62. The first kappa shape index (κ1) is 35.3. The summed E-state index contributed by atoms with van der Waals surface area (Å²) < 4.78 is 124. The first-order valence-electron chi connectivity index (χ1n) is 14.7. The highest BCUT2D eigenvalue weighted by Crippen LogP contribution is 2.40. The van der Waals surface area contributed by atoms with Gasteiger partial charge in [0.15, 0.2) is 0 Å². The van der Waals surface area contributed by atoms with Crippen LogP contribution < -0.4 is 9.80 Å². The normalized spacial score (nSPS) is 17.8. The average Bonchev–Trinajstić information content (AvgIpc) is 3.40. The maximum Gasteiger partial charge on any atom is 0.416 e. The van der Waals surface area contributed by atoms with Gasteiger partial charge >= 0.3 is 18.5 Å². The Bertz CT molecular complexity index is 1440. The standard InChI is InChI=1S/C30H35F9N6O/c1-4-44(14-19-5-7-20(17-46)8-6-19)26-13-25(30(37,38)39)18(2)9-22(26)16-45(27-40-42-43(3)41-27)15-21-10-23(28(31,32)33)12-24(11-21)29(34,35)36/h9-13,19-20,46H,4-8,14-17H2,1-3H3. The van der Waals surface area contributed by atoms with E-state index in [9.17, 15) is 44.6 Å². The molecule has 1 aliphatic carbocycles. The lowest BCUT2D eigenvalue weighted by atomic mass is 9.82. The van der Waals surface area contributed by atoms with E-state index >= 15 is 0 Å². The average molecular weight is 667 g/mol. The van der Waals surface area contributed by atoms with Gasteiger partial charge in [-0.25, -0.2) is 0 Å². The highest BCUT2D eigenvalue weighted by atomic mass is 19.4. The van der Waals surface area contributed by atoms with E-state index in [-0.39, 0.29) is 53.8 Å². The molecule has 1 N–H and O–H groups in total. The molecular weight excluding hydrogens is 631 g/mol. The zero-order valence-corrected chi connectivity index (χ0v) is 25.4. The van der Waals surface area contributed by atoms with E-state index in [2.05, 4.69) is 15.4 Å². The predicted octanol–water partition coefficient (Wildman–Crippen LogP) is 7.41. The van der Waals surface area contributed by atoms with Crippen molar-refractivity contribution in [1.82, 2.24) is 20.2 Å². The Kier molecular flexibility index (Phi) is 10.5. The highest BCUT2D eigenvalue weighted by Gasteiger charge is 2.38. The number of aryl methyl sites for hydroxylation is 2. The molecule has 16 heteroatoms. The van der Waals surface area contributed by atoms with Crippen LogP contribution in [0, 0.1) is 18.8 Å². The summed E-state index contributed by atoms with van der Waals surface area (Å²) >= 11 is 0. The first-order valence-corrected chi connectivity index (χ1v) is 14.7. The molecule has 1 fully saturated rings. The van der Waals surface area contributed by atoms with Gasteiger partial charge in [0, 0.05) is 38.5 Å². The molecule has 0 spiro atoms. The fourth-order valence-electron chi connectivity index (χ4n) is 5.92. The number of alkyl halides is 9. The summed E-state index contributed by atoms with van der Waals surface area (Å²) in [6, 6.07) is 3.60. The van der Waals surface area contributed by atoms with Crippen LogP contribution in [0.2, 0.25) is 0 Å². The number of aromatic nitrogens is 4. The number of aliphatic hydroxyl groups excluding tert-OH is 1. The zero-order chi connectivity index (χ0) is 34.0. The van der Waals surface area contributed by atoms with E-state index in [0.717, 1.165) is 36.5 Å². The van der Waals surface area contributed by atoms with Crippen LogP contribution in [0.15, 0.2) is 30.3 Å². The van der Waals surface area contributed by atoms with Crippen molar-refractivity contribution in [3.63, 3.8) is 0 Å². The summed E-state index contributed by atoms with van der Waals surface area (Å²) in [4.78, 5) is 4.15. The fourth-order valence-corrected chi connectivity index (χ4v) is 5.92. The topological polar surface area (TPSA) is 70.3 Å². The van der Waals surface area contributed by atoms with Gasteiger partial charge < -0.3 is 14.9 Å². The van der Waals surface area contributed by atoms with Crippen molar-refractivity contribution < 1.29 is 44.6 Å². The van der Waals surface area contributed by atoms with E-state index in [1.54, 1.807) is 6.92 Å². The van der Waals surface area contributed by atoms with Crippen molar-refractivity contribution in [1.29, 1.82) is 0 Å². The van der Waals surface area contributed by atoms with E-state index in [0.29, 0.717) is 30.8 Å². The lowest BCUT2D eigenvalue weighted by molar-refractivity contribution is -0.143. The molecule has 0 unspecified atom stereocenters. The zero-order valence-electron chi connectivity index (χ0n) is 25.4. The quantitative estimate of drug-likeness (QED) is 0.228. The Morgan fingerprint density at radius 3 is 1.87 bits per heavy atom. The molecule has 0 saturated heterocycles. The number of aliphatic hydroxyl groups is 1. The van der Waals surface area contributed by atoms with Gasteiger partial charge in [-0.15, -0.1) is 5.10 Å². The fraction of sp³-hybridized carbons (Fsp3) is 0.567. The van der Waals surface area contributed by atoms with Crippen molar-refractivity contribution in [2.45, 2.75) is 71.1 Å². The predicted molar refractivity (Wildman–Crippen MR) is 152 cm³/mol. The SMILES string of the molecule is CCN(CC1CCC(CO)CC1)c1cc(C(F)(F)F)c(C)cc1CN(Cc1cc(C(F)(F)F)cc(C(F)(F)F)c1)c1nnn(C)n1. The minimum atomic E-state index is -5.07. The molecule has 254 valence electrons. The highest BCUT2D eigenvalue weighted by molar-refractivity contribution is 5.59. The molecular formula is C30H35F9N6O. The van der Waals surface area contributed by atoms with Crippen LogP contribution in [0.25, 0.3) is 0 Å². The number of nitrogens with zero attached hydrogens (tertiary/aromatic N) is 6. The maximum absolute atomic E-state index is 14.1. The van der Waals surface area contributed by atoms with Crippen LogP contribution >= 0.6 is 0 Å². The minimum absolute atomic E-state index is 0.0267. The van der Waals surface area contributed by atoms with Crippen molar-refractivity contribution in [3.8, 4) is 0 Å². The Morgan fingerprint density at radius 2 is 1.39 bits per heavy atom. The molecule has 1 aromatic heterocycles. The van der Waals surface area contributed by atoms with Crippen molar-refractivity contribution in [3.05, 3.63) is 63.7 Å². The maximum atomic E-state index is 14.1. The number of hydrogen-bond donors (Lipinski definition) is 1. The first-order chi connectivity index (χ1) is 21.4. The molecule has 1 aliphatic rings. The van der Waals surface area contributed by atoms with Gasteiger partial charge in [0.05, 0.1) is 23.7 Å². The van der Waals surface area contributed by atoms with Gasteiger partial charge in [0.1, 0.15) is 0 Å². The summed E-state index contributed by atoms with van der Waals surface area (Å²) in [6.07, 6.45) is -11.7. The molecule has 0 bridgehead atoms. The molecule has 7 nitrogen and oxygen atoms in total. The summed E-state index contributed by atoms with van der Waals surface area (Å²) in [7, 11) is 1.42. The Morgan fingerprint density at radius 1 is 0.804 bits per heavy atom. The van der Waals surface area contributed by atoms with Crippen LogP contribution in [-0.4, -0.2) is 45.0 Å². The second-order valence-corrected chi connectivity index (χ2v) is 11.8. The summed E-state index contributed by atoms with van der Waals surface area (Å²) in [5, 5.41) is 21.2. The lowest BCUT2D eigenvalue weighted by Gasteiger charge is -2.35. The molecule has 0 aliphatic heterocycles. The third-order valence-corrected chi connectivity index (χ3v) is 8.32. The summed E-state index contributed by atoms with van der Waals surface area (Å²) in [5.41, 5.74) is -3.72. The van der Waals surface area contributed by atoms with Gasteiger partial charge in [-0.1, -0.05) is 11.2 Å². The lowest BCUT2D eigenvalue weighted by Crippen LogP contribution is -2.34. The third-order valence-electron chi connectivity index (χ3n) is 8.32. The molecule has 1 heterocycles. The van der Waals surface area contributed by atoms with Gasteiger partial charge in [0.25, 0.3) is 5.95 Å². The monoisotopic (exact) mass is 666 g/mol. The molecule has 0 atom stereocenters. The van der Waals surface area contributed by atoms with Crippen LogP contribution in [-0.2, 0) is 38.7 Å². The Labute approximate surface area is 260 Å². The number of tetrazole rings is 1. The van der Waals surface area contributed by atoms with Gasteiger partial charge in [-0.3, -0.25) is 0 Å². The second kappa shape index (κ2) is 13.7. The van der Waals surface area contributed by atoms with Crippen molar-refractivity contribution in [2.75, 3.05) is 29.5 Å². The van der Waals surface area contributed by atoms with Crippen molar-refractivity contribution in [2.24, 2.45) is 18.9 Å². The van der Waals surface area contributed by atoms with Crippen LogP contribution in [0.1, 0.15) is 66.0 Å². The molecule has 46 heavy (non-hydrogen) atoms. The van der Waals surface area contributed by atoms with E-state index < -0.39 is 41.8 Å². The van der Waals surface area contributed by atoms with E-state index in [1.807, 2.05) is 4.90 Å². The van der Waals surface area contributed by atoms with Gasteiger partial charge in [-0.05, 0) is 97.5 Å². The smallest absolute Gasteiger partial charge is 0.396 e. The number of rotatable bonds is 10. The van der Waals surface area contributed by atoms with Crippen LogP contribution in [0.3, 0.4) is 0 Å². The molecule has 1 saturated carbocycles. The summed E-state index contributed by atoms with van der Waals surface area (Å²) in [5.74, 6) is 0.192. The molecule has 2 aromatic carbocycles. The van der Waals surface area contributed by atoms with Crippen LogP contribution in [0.5, 0.6) is 0 Å². The second-order valence-electron chi connectivity index (χ2n) is 11.8. The number of benzene rings is 2. The van der Waals surface area contributed by atoms with Gasteiger partial charge in [0.2, 0.25) is 0 Å². The van der Waals surface area contributed by atoms with E-state index in [1.165, 1.54) is 24.9 Å². The number of hydrogen-bond acceptors (Lipinski definition) is 6. The largest absolute Gasteiger partial charge is 0.416 e. The number of halogens is 9. The minimum Gasteiger partial charge on any atom is -0.396 e. The molecule has 4 rings (SSSR count). The molecule has 3 aromatic rings. The molecule has 0 amide bonds. The Balaban J connectivity index is 1.78. The Hall–Kier alpha value is -3.56. The van der Waals surface area contributed by atoms with Crippen LogP contribution in [0.4, 0.5) is 51.1 Å². The molecule has 0 radical (unpaired) electrons. The van der Waals surface area contributed by atoms with Gasteiger partial charge in [-0.2, -0.15) is 44.3 Å². The van der Waals surface area contributed by atoms with Crippen molar-refractivity contribution >= 4 is 11.6 Å². The number of anilines is 2.